The van der Waals surface area contributed by atoms with E-state index in [2.05, 4.69) is 20.6 Å². The third-order valence-corrected chi connectivity index (χ3v) is 6.70. The van der Waals surface area contributed by atoms with E-state index in [-0.39, 0.29) is 17.0 Å². The fraction of sp³-hybridized carbons (Fsp3) is 0.417. The number of carboxylic acid groups (broad SMARTS) is 1. The van der Waals surface area contributed by atoms with Crippen molar-refractivity contribution in [1.29, 1.82) is 0 Å². The van der Waals surface area contributed by atoms with Gasteiger partial charge in [0.25, 0.3) is 0 Å². The highest BCUT2D eigenvalue weighted by atomic mass is 32.1. The molecule has 0 spiro atoms. The van der Waals surface area contributed by atoms with E-state index in [1.165, 1.54) is 18.5 Å². The smallest absolute Gasteiger partial charge is 0.407 e. The van der Waals surface area contributed by atoms with Gasteiger partial charge < -0.3 is 25.2 Å². The maximum atomic E-state index is 14.1. The summed E-state index contributed by atoms with van der Waals surface area (Å²) in [5.74, 6) is -0.785. The monoisotopic (exact) mass is 502 g/mol. The molecule has 2 heterocycles. The van der Waals surface area contributed by atoms with Gasteiger partial charge in [0.05, 0.1) is 11.1 Å². The molecule has 0 bridgehead atoms. The van der Waals surface area contributed by atoms with E-state index in [9.17, 15) is 19.1 Å². The third kappa shape index (κ3) is 5.79. The molecule has 3 N–H and O–H groups in total. The fourth-order valence-corrected chi connectivity index (χ4v) is 5.01. The number of fused-ring (bicyclic) bond motifs is 1. The quantitative estimate of drug-likeness (QED) is 0.409. The van der Waals surface area contributed by atoms with Crippen LogP contribution >= 0.6 is 11.3 Å². The minimum Gasteiger partial charge on any atom is -0.488 e. The number of hydrogen-bond donors (Lipinski definition) is 3. The molecule has 2 atom stereocenters. The number of carbonyl (C=O) groups excluding carboxylic acids is 1. The third-order valence-electron chi connectivity index (χ3n) is 5.52. The lowest BCUT2D eigenvalue weighted by atomic mass is 10.2. The van der Waals surface area contributed by atoms with Gasteiger partial charge in [-0.1, -0.05) is 0 Å². The van der Waals surface area contributed by atoms with Gasteiger partial charge in [-0.25, -0.2) is 23.9 Å². The van der Waals surface area contributed by atoms with Crippen molar-refractivity contribution in [3.63, 3.8) is 0 Å². The Hall–Kier alpha value is -3.47. The number of carbonyl (C=O) groups is 2. The van der Waals surface area contributed by atoms with Crippen molar-refractivity contribution < 1.29 is 28.6 Å². The lowest BCUT2D eigenvalue weighted by molar-refractivity contribution is 0.0502. The zero-order chi connectivity index (χ0) is 25.3. The van der Waals surface area contributed by atoms with Crippen LogP contribution in [0.2, 0.25) is 0 Å². The molecule has 1 aliphatic rings. The summed E-state index contributed by atoms with van der Waals surface area (Å²) < 4.78 is 25.6. The van der Waals surface area contributed by atoms with E-state index < -0.39 is 23.5 Å². The molecule has 1 aliphatic carbocycles. The van der Waals surface area contributed by atoms with E-state index in [0.29, 0.717) is 52.3 Å². The van der Waals surface area contributed by atoms with E-state index in [1.54, 1.807) is 33.8 Å². The van der Waals surface area contributed by atoms with Gasteiger partial charge in [-0.15, -0.1) is 11.3 Å². The Kier molecular flexibility index (Phi) is 6.79. The molecule has 35 heavy (non-hydrogen) atoms. The van der Waals surface area contributed by atoms with E-state index in [0.717, 1.165) is 11.3 Å². The van der Waals surface area contributed by atoms with Gasteiger partial charge in [0.2, 0.25) is 0 Å². The average Bonchev–Trinajstić information content (AvgIpc) is 3.33. The van der Waals surface area contributed by atoms with Gasteiger partial charge in [0, 0.05) is 18.5 Å². The van der Waals surface area contributed by atoms with Crippen LogP contribution in [-0.2, 0) is 4.74 Å². The number of aryl methyl sites for hydroxylation is 1. The molecule has 11 heteroatoms. The maximum absolute atomic E-state index is 14.1. The first kappa shape index (κ1) is 24.6. The number of hydrogen-bond acceptors (Lipinski definition) is 8. The largest absolute Gasteiger partial charge is 0.488 e. The second-order valence-corrected chi connectivity index (χ2v) is 10.4. The van der Waals surface area contributed by atoms with Crippen LogP contribution in [0.15, 0.2) is 24.5 Å². The Labute approximate surface area is 205 Å². The number of rotatable bonds is 6. The number of nitrogens with one attached hydrogen (secondary N) is 2. The number of carboxylic acids is 1. The van der Waals surface area contributed by atoms with E-state index in [4.69, 9.17) is 9.47 Å². The highest BCUT2D eigenvalue weighted by Crippen LogP contribution is 2.37. The maximum Gasteiger partial charge on any atom is 0.407 e. The molecule has 3 aromatic rings. The molecule has 0 aliphatic heterocycles. The van der Waals surface area contributed by atoms with Crippen LogP contribution in [0, 0.1) is 12.7 Å². The Morgan fingerprint density at radius 2 is 2.00 bits per heavy atom. The summed E-state index contributed by atoms with van der Waals surface area (Å²) in [7, 11) is 0. The first-order valence-electron chi connectivity index (χ1n) is 11.2. The molecule has 9 nitrogen and oxygen atoms in total. The predicted molar refractivity (Wildman–Crippen MR) is 130 cm³/mol. The van der Waals surface area contributed by atoms with Gasteiger partial charge in [-0.05, 0) is 58.2 Å². The topological polar surface area (TPSA) is 123 Å². The van der Waals surface area contributed by atoms with Crippen molar-refractivity contribution >= 4 is 45.1 Å². The van der Waals surface area contributed by atoms with Crippen molar-refractivity contribution in [3.05, 3.63) is 40.8 Å². The second-order valence-electron chi connectivity index (χ2n) is 9.43. The number of aromatic carboxylic acids is 1. The minimum atomic E-state index is -1.03. The number of anilines is 2. The molecule has 1 saturated carbocycles. The number of aromatic nitrogens is 2. The number of thiophene rings is 1. The number of nitrogens with zero attached hydrogens (tertiary/aromatic N) is 2. The zero-order valence-electron chi connectivity index (χ0n) is 19.8. The summed E-state index contributed by atoms with van der Waals surface area (Å²) in [4.78, 5) is 32.8. The van der Waals surface area contributed by atoms with E-state index >= 15 is 0 Å². The van der Waals surface area contributed by atoms with E-state index in [1.807, 2.05) is 0 Å². The molecule has 0 saturated heterocycles. The number of alkyl carbamates (subject to hydrolysis) is 1. The fourth-order valence-electron chi connectivity index (χ4n) is 4.03. The summed E-state index contributed by atoms with van der Waals surface area (Å²) in [5.41, 5.74) is 0.452. The van der Waals surface area contributed by atoms with Gasteiger partial charge in [0.15, 0.2) is 0 Å². The Morgan fingerprint density at radius 1 is 1.23 bits per heavy atom. The molecule has 4 rings (SSSR count). The highest BCUT2D eigenvalue weighted by molar-refractivity contribution is 7.20. The summed E-state index contributed by atoms with van der Waals surface area (Å²) in [6, 6.07) is 4.03. The number of halogens is 1. The van der Waals surface area contributed by atoms with Crippen molar-refractivity contribution in [2.24, 2.45) is 0 Å². The standard InChI is InChI=1S/C24H27FN4O5S/c1-12-18-20(26-11-27-21(18)35-19(12)22(30)31)29-16-8-5-13(25)9-17(16)33-15-7-6-14(10-15)28-23(32)34-24(2,3)4/h5,8-9,11,14-15H,6-7,10H2,1-4H3,(H,28,32)(H,30,31)(H,26,27,29). The summed E-state index contributed by atoms with van der Waals surface area (Å²) in [6.07, 6.45) is 2.58. The van der Waals surface area contributed by atoms with Crippen LogP contribution in [-0.4, -0.2) is 44.9 Å². The molecular weight excluding hydrogens is 475 g/mol. The van der Waals surface area contributed by atoms with Crippen molar-refractivity contribution in [1.82, 2.24) is 15.3 Å². The molecule has 0 radical (unpaired) electrons. The van der Waals surface area contributed by atoms with Crippen LogP contribution in [0.5, 0.6) is 5.75 Å². The second kappa shape index (κ2) is 9.65. The van der Waals surface area contributed by atoms with Crippen molar-refractivity contribution in [3.8, 4) is 5.75 Å². The van der Waals surface area contributed by atoms with Crippen LogP contribution in [0.4, 0.5) is 20.7 Å². The van der Waals surface area contributed by atoms with Crippen LogP contribution in [0.3, 0.4) is 0 Å². The molecule has 186 valence electrons. The van der Waals surface area contributed by atoms with Crippen LogP contribution in [0.25, 0.3) is 10.2 Å². The SMILES string of the molecule is Cc1c(C(=O)O)sc2ncnc(Nc3ccc(F)cc3OC3CCC(NC(=O)OC(C)(C)C)C3)c12. The Bertz CT molecular complexity index is 1270. The van der Waals surface area contributed by atoms with Gasteiger partial charge in [-0.2, -0.15) is 0 Å². The Balaban J connectivity index is 1.51. The van der Waals surface area contributed by atoms with Crippen LogP contribution in [0.1, 0.15) is 55.3 Å². The van der Waals surface area contributed by atoms with Gasteiger partial charge >= 0.3 is 12.1 Å². The zero-order valence-corrected chi connectivity index (χ0v) is 20.7. The lowest BCUT2D eigenvalue weighted by Gasteiger charge is -2.22. The summed E-state index contributed by atoms with van der Waals surface area (Å²) in [6.45, 7) is 7.11. The summed E-state index contributed by atoms with van der Waals surface area (Å²) >= 11 is 1.07. The molecular formula is C24H27FN4O5S. The lowest BCUT2D eigenvalue weighted by Crippen LogP contribution is -2.38. The minimum absolute atomic E-state index is 0.107. The van der Waals surface area contributed by atoms with Gasteiger partial charge in [-0.3, -0.25) is 0 Å². The highest BCUT2D eigenvalue weighted by Gasteiger charge is 2.30. The molecule has 2 aromatic heterocycles. The molecule has 1 fully saturated rings. The van der Waals surface area contributed by atoms with Crippen molar-refractivity contribution in [2.75, 3.05) is 5.32 Å². The first-order valence-corrected chi connectivity index (χ1v) is 12.0. The molecule has 1 aromatic carbocycles. The average molecular weight is 503 g/mol. The summed E-state index contributed by atoms with van der Waals surface area (Å²) in [5, 5.41) is 16.1. The van der Waals surface area contributed by atoms with Crippen LogP contribution < -0.4 is 15.4 Å². The number of amides is 1. The van der Waals surface area contributed by atoms with Gasteiger partial charge in [0.1, 0.15) is 45.1 Å². The number of benzene rings is 1. The predicted octanol–water partition coefficient (Wildman–Crippen LogP) is 5.41. The molecule has 1 amide bonds. The number of ether oxygens (including phenoxy) is 2. The van der Waals surface area contributed by atoms with Crippen molar-refractivity contribution in [2.45, 2.75) is 64.7 Å². The normalized spacial score (nSPS) is 17.9. The molecule has 2 unspecified atom stereocenters. The first-order chi connectivity index (χ1) is 16.5. The Morgan fingerprint density at radius 3 is 2.71 bits per heavy atom.